The van der Waals surface area contributed by atoms with E-state index in [0.717, 1.165) is 6.07 Å². The lowest BCUT2D eigenvalue weighted by Gasteiger charge is -2.33. The van der Waals surface area contributed by atoms with Crippen LogP contribution in [0.3, 0.4) is 0 Å². The van der Waals surface area contributed by atoms with Gasteiger partial charge in [0.25, 0.3) is 5.91 Å². The number of benzene rings is 2. The molecule has 0 unspecified atom stereocenters. The van der Waals surface area contributed by atoms with Gasteiger partial charge < -0.3 is 20.6 Å². The number of amides is 2. The number of hydrogen-bond acceptors (Lipinski definition) is 4. The Hall–Kier alpha value is -3.07. The summed E-state index contributed by atoms with van der Waals surface area (Å²) in [6.45, 7) is 1.23. The molecule has 0 aliphatic carbocycles. The van der Waals surface area contributed by atoms with Gasteiger partial charge in [0.05, 0.1) is 16.8 Å². The third kappa shape index (κ3) is 3.18. The Morgan fingerprint density at radius 2 is 1.86 bits per heavy atom. The molecule has 2 aromatic carbocycles. The van der Waals surface area contributed by atoms with Crippen LogP contribution in [0.4, 0.5) is 18.9 Å². The fourth-order valence-electron chi connectivity index (χ4n) is 3.50. The highest BCUT2D eigenvalue weighted by atomic mass is 19.4. The van der Waals surface area contributed by atoms with Crippen LogP contribution in [-0.2, 0) is 11.0 Å². The van der Waals surface area contributed by atoms with E-state index in [-0.39, 0.29) is 22.9 Å². The number of phenolic OH excluding ortho intramolecular Hbond substituents is 1. The van der Waals surface area contributed by atoms with Crippen LogP contribution in [0.5, 0.6) is 5.75 Å². The zero-order valence-electron chi connectivity index (χ0n) is 14.5. The molecule has 3 N–H and O–H groups in total. The second kappa shape index (κ2) is 6.52. The molecule has 4 rings (SSSR count). The zero-order chi connectivity index (χ0) is 20.1. The van der Waals surface area contributed by atoms with Crippen molar-refractivity contribution in [3.8, 4) is 16.9 Å². The fraction of sp³-hybridized carbons (Fsp3) is 0.263. The third-order valence-electron chi connectivity index (χ3n) is 4.89. The maximum Gasteiger partial charge on any atom is 0.416 e. The first kappa shape index (κ1) is 18.3. The van der Waals surface area contributed by atoms with Crippen LogP contribution in [-0.4, -0.2) is 47.5 Å². The molecule has 0 saturated carbocycles. The van der Waals surface area contributed by atoms with Crippen molar-refractivity contribution in [2.75, 3.05) is 25.0 Å². The number of anilines is 1. The van der Waals surface area contributed by atoms with E-state index >= 15 is 0 Å². The maximum absolute atomic E-state index is 13.1. The van der Waals surface area contributed by atoms with Gasteiger partial charge in [-0.15, -0.1) is 0 Å². The van der Waals surface area contributed by atoms with Gasteiger partial charge in [-0.2, -0.15) is 13.2 Å². The number of alkyl halides is 3. The summed E-state index contributed by atoms with van der Waals surface area (Å²) in [6, 6.07) is 6.54. The summed E-state index contributed by atoms with van der Waals surface area (Å²) in [6.07, 6.45) is -4.61. The van der Waals surface area contributed by atoms with E-state index in [4.69, 9.17) is 0 Å². The van der Waals surface area contributed by atoms with Crippen molar-refractivity contribution in [2.24, 2.45) is 0 Å². The topological polar surface area (TPSA) is 81.7 Å². The average molecular weight is 391 g/mol. The molecule has 6 nitrogen and oxygen atoms in total. The summed E-state index contributed by atoms with van der Waals surface area (Å²) in [7, 11) is 0. The lowest BCUT2D eigenvalue weighted by Crippen LogP contribution is -2.57. The number of aromatic hydroxyl groups is 1. The molecule has 1 fully saturated rings. The van der Waals surface area contributed by atoms with Crippen molar-refractivity contribution < 1.29 is 27.9 Å². The van der Waals surface area contributed by atoms with Gasteiger partial charge >= 0.3 is 6.18 Å². The number of carbonyl (C=O) groups is 2. The molecule has 1 saturated heterocycles. The van der Waals surface area contributed by atoms with Crippen LogP contribution in [0.2, 0.25) is 0 Å². The summed E-state index contributed by atoms with van der Waals surface area (Å²) in [5, 5.41) is 15.5. The molecular weight excluding hydrogens is 375 g/mol. The van der Waals surface area contributed by atoms with Gasteiger partial charge in [-0.3, -0.25) is 9.59 Å². The summed E-state index contributed by atoms with van der Waals surface area (Å²) in [5.41, 5.74) is -0.0255. The van der Waals surface area contributed by atoms with Crippen molar-refractivity contribution in [3.63, 3.8) is 0 Å². The van der Waals surface area contributed by atoms with E-state index in [2.05, 4.69) is 10.6 Å². The number of hydrogen-bond donors (Lipinski definition) is 3. The van der Waals surface area contributed by atoms with Crippen LogP contribution >= 0.6 is 0 Å². The molecule has 28 heavy (non-hydrogen) atoms. The molecule has 1 atom stereocenters. The second-order valence-electron chi connectivity index (χ2n) is 6.73. The van der Waals surface area contributed by atoms with Crippen LogP contribution in [0.1, 0.15) is 15.9 Å². The molecule has 2 aromatic rings. The van der Waals surface area contributed by atoms with Crippen LogP contribution in [0.25, 0.3) is 11.1 Å². The number of nitrogens with zero attached hydrogens (tertiary/aromatic N) is 1. The third-order valence-corrected chi connectivity index (χ3v) is 4.89. The molecule has 0 bridgehead atoms. The molecular formula is C19H16F3N3O3. The minimum absolute atomic E-state index is 0.121. The van der Waals surface area contributed by atoms with Gasteiger partial charge in [-0.1, -0.05) is 6.07 Å². The Morgan fingerprint density at radius 1 is 1.07 bits per heavy atom. The number of rotatable bonds is 1. The normalized spacial score (nSPS) is 19.5. The van der Waals surface area contributed by atoms with Crippen molar-refractivity contribution in [3.05, 3.63) is 47.5 Å². The molecule has 0 radical (unpaired) electrons. The SMILES string of the molecule is O=C1Nc2ccc(-c3cc(O)cc(C(F)(F)F)c3)cc2C(=O)N2CCNC[C@@H]12. The first-order valence-electron chi connectivity index (χ1n) is 8.62. The van der Waals surface area contributed by atoms with E-state index < -0.39 is 23.5 Å². The minimum atomic E-state index is -4.61. The standard InChI is InChI=1S/C19H16F3N3O3/c20-19(21,22)12-5-11(6-13(26)8-12)10-1-2-15-14(7-10)18(28)25-4-3-23-9-16(25)17(27)24-15/h1-2,5-8,16,23,26H,3-4,9H2,(H,24,27)/t16-/m0/s1. The van der Waals surface area contributed by atoms with E-state index in [1.807, 2.05) is 0 Å². The number of nitrogens with one attached hydrogen (secondary N) is 2. The van der Waals surface area contributed by atoms with E-state index in [1.165, 1.54) is 29.2 Å². The largest absolute Gasteiger partial charge is 0.508 e. The lowest BCUT2D eigenvalue weighted by atomic mass is 9.99. The van der Waals surface area contributed by atoms with Gasteiger partial charge in [0.2, 0.25) is 5.91 Å². The van der Waals surface area contributed by atoms with Crippen LogP contribution in [0, 0.1) is 0 Å². The predicted octanol–water partition coefficient (Wildman–Crippen LogP) is 2.44. The lowest BCUT2D eigenvalue weighted by molar-refractivity contribution is -0.137. The summed E-state index contributed by atoms with van der Waals surface area (Å²) < 4.78 is 39.2. The molecule has 0 aromatic heterocycles. The molecule has 2 aliphatic heterocycles. The van der Waals surface area contributed by atoms with E-state index in [9.17, 15) is 27.9 Å². The van der Waals surface area contributed by atoms with Gasteiger partial charge in [-0.25, -0.2) is 0 Å². The van der Waals surface area contributed by atoms with Crippen molar-refractivity contribution in [1.29, 1.82) is 0 Å². The van der Waals surface area contributed by atoms with Crippen molar-refractivity contribution in [1.82, 2.24) is 10.2 Å². The average Bonchev–Trinajstić information content (AvgIpc) is 2.76. The summed E-state index contributed by atoms with van der Waals surface area (Å²) in [4.78, 5) is 26.8. The Kier molecular flexibility index (Phi) is 4.26. The molecule has 146 valence electrons. The summed E-state index contributed by atoms with van der Waals surface area (Å²) >= 11 is 0. The molecule has 9 heteroatoms. The van der Waals surface area contributed by atoms with E-state index in [0.29, 0.717) is 37.0 Å². The Balaban J connectivity index is 1.79. The Labute approximate surface area is 158 Å². The minimum Gasteiger partial charge on any atom is -0.508 e. The first-order valence-corrected chi connectivity index (χ1v) is 8.62. The zero-order valence-corrected chi connectivity index (χ0v) is 14.5. The maximum atomic E-state index is 13.1. The smallest absolute Gasteiger partial charge is 0.416 e. The van der Waals surface area contributed by atoms with Crippen molar-refractivity contribution in [2.45, 2.75) is 12.2 Å². The van der Waals surface area contributed by atoms with Crippen molar-refractivity contribution >= 4 is 17.5 Å². The van der Waals surface area contributed by atoms with Crippen LogP contribution in [0.15, 0.2) is 36.4 Å². The number of piperazine rings is 1. The number of fused-ring (bicyclic) bond motifs is 2. The number of phenols is 1. The monoisotopic (exact) mass is 391 g/mol. The number of carbonyl (C=O) groups excluding carboxylic acids is 2. The van der Waals surface area contributed by atoms with Gasteiger partial charge in [0.15, 0.2) is 0 Å². The van der Waals surface area contributed by atoms with Gasteiger partial charge in [0.1, 0.15) is 11.8 Å². The highest BCUT2D eigenvalue weighted by Crippen LogP contribution is 2.36. The van der Waals surface area contributed by atoms with Gasteiger partial charge in [0, 0.05) is 19.6 Å². The fourth-order valence-corrected chi connectivity index (χ4v) is 3.50. The summed E-state index contributed by atoms with van der Waals surface area (Å²) in [5.74, 6) is -1.21. The quantitative estimate of drug-likeness (QED) is 0.698. The molecule has 2 aliphatic rings. The molecule has 2 heterocycles. The second-order valence-corrected chi connectivity index (χ2v) is 6.73. The predicted molar refractivity (Wildman–Crippen MR) is 94.9 cm³/mol. The van der Waals surface area contributed by atoms with Gasteiger partial charge in [-0.05, 0) is 41.5 Å². The number of halogens is 3. The molecule has 2 amide bonds. The van der Waals surface area contributed by atoms with Crippen LogP contribution < -0.4 is 10.6 Å². The highest BCUT2D eigenvalue weighted by molar-refractivity contribution is 6.10. The Morgan fingerprint density at radius 3 is 2.61 bits per heavy atom. The Bertz CT molecular complexity index is 975. The van der Waals surface area contributed by atoms with E-state index in [1.54, 1.807) is 0 Å². The molecule has 0 spiro atoms. The first-order chi connectivity index (χ1) is 13.2. The highest BCUT2D eigenvalue weighted by Gasteiger charge is 2.37.